The molecule has 3 rings (SSSR count). The Kier molecular flexibility index (Phi) is 6.73. The minimum atomic E-state index is -0.838. The van der Waals surface area contributed by atoms with E-state index in [1.165, 1.54) is 5.01 Å². The molecule has 1 heterocycles. The Balaban J connectivity index is 1.77. The van der Waals surface area contributed by atoms with Gasteiger partial charge in [0.15, 0.2) is 0 Å². The van der Waals surface area contributed by atoms with E-state index in [1.54, 1.807) is 31.2 Å². The molecule has 2 amide bonds. The van der Waals surface area contributed by atoms with E-state index in [2.05, 4.69) is 10.4 Å². The first kappa shape index (κ1) is 20.3. The van der Waals surface area contributed by atoms with Crippen molar-refractivity contribution in [3.63, 3.8) is 0 Å². The van der Waals surface area contributed by atoms with Crippen molar-refractivity contribution in [3.8, 4) is 0 Å². The lowest BCUT2D eigenvalue weighted by atomic mass is 10.0. The molecule has 0 aliphatic carbocycles. The molecule has 0 saturated carbocycles. The molecule has 2 aromatic rings. The zero-order chi connectivity index (χ0) is 20.6. The summed E-state index contributed by atoms with van der Waals surface area (Å²) < 4.78 is 5.11. The number of hydrogen-bond donors (Lipinski definition) is 1. The van der Waals surface area contributed by atoms with Gasteiger partial charge in [-0.05, 0) is 24.6 Å². The van der Waals surface area contributed by atoms with E-state index < -0.39 is 17.9 Å². The zero-order valence-electron chi connectivity index (χ0n) is 16.2. The summed E-state index contributed by atoms with van der Waals surface area (Å²) >= 11 is 0. The molecular weight excluding hydrogens is 370 g/mol. The molecule has 7 heteroatoms. The number of hydrogen-bond acceptors (Lipinski definition) is 5. The van der Waals surface area contributed by atoms with Crippen LogP contribution in [0, 0.1) is 0 Å². The largest absolute Gasteiger partial charge is 0.464 e. The highest BCUT2D eigenvalue weighted by Gasteiger charge is 2.29. The molecule has 1 aliphatic rings. The molecule has 150 valence electrons. The number of anilines is 1. The van der Waals surface area contributed by atoms with Gasteiger partial charge in [0.2, 0.25) is 5.91 Å². The monoisotopic (exact) mass is 393 g/mol. The van der Waals surface area contributed by atoms with Crippen LogP contribution in [-0.4, -0.2) is 36.1 Å². The van der Waals surface area contributed by atoms with E-state index in [1.807, 2.05) is 36.4 Å². The fraction of sp³-hybridized carbons (Fsp3) is 0.273. The van der Waals surface area contributed by atoms with Gasteiger partial charge in [-0.3, -0.25) is 9.59 Å². The van der Waals surface area contributed by atoms with Gasteiger partial charge in [-0.15, -0.1) is 0 Å². The lowest BCUT2D eigenvalue weighted by molar-refractivity contribution is -0.146. The van der Waals surface area contributed by atoms with Crippen LogP contribution in [0.25, 0.3) is 0 Å². The number of nitrogens with one attached hydrogen (secondary N) is 1. The van der Waals surface area contributed by atoms with Crippen molar-refractivity contribution in [1.29, 1.82) is 0 Å². The van der Waals surface area contributed by atoms with E-state index in [4.69, 9.17) is 4.74 Å². The second-order valence-corrected chi connectivity index (χ2v) is 6.56. The summed E-state index contributed by atoms with van der Waals surface area (Å²) in [5, 5.41) is 8.19. The van der Waals surface area contributed by atoms with Gasteiger partial charge in [0.25, 0.3) is 5.91 Å². The van der Waals surface area contributed by atoms with Crippen molar-refractivity contribution in [1.82, 2.24) is 5.32 Å². The summed E-state index contributed by atoms with van der Waals surface area (Å²) in [6, 6.07) is 17.5. The number of para-hydroxylation sites is 1. The summed E-state index contributed by atoms with van der Waals surface area (Å²) in [4.78, 5) is 37.4. The molecule has 29 heavy (non-hydrogen) atoms. The van der Waals surface area contributed by atoms with Gasteiger partial charge < -0.3 is 10.1 Å². The Morgan fingerprint density at radius 2 is 1.72 bits per heavy atom. The number of hydrazone groups is 1. The van der Waals surface area contributed by atoms with Crippen LogP contribution in [0.1, 0.15) is 25.3 Å². The standard InChI is InChI=1S/C22H23N3O4/c1-2-29-22(28)19(15-16-9-5-3-6-10-16)23-21(27)18-13-14-20(26)25(24-18)17-11-7-4-8-12-17/h3-12,19H,2,13-15H2,1H3,(H,23,27)/t19-/m1/s1. The van der Waals surface area contributed by atoms with E-state index >= 15 is 0 Å². The van der Waals surface area contributed by atoms with Crippen LogP contribution in [-0.2, 0) is 25.5 Å². The van der Waals surface area contributed by atoms with Crippen LogP contribution < -0.4 is 10.3 Å². The summed E-state index contributed by atoms with van der Waals surface area (Å²) in [5.74, 6) is -1.16. The molecule has 0 bridgehead atoms. The highest BCUT2D eigenvalue weighted by Crippen LogP contribution is 2.19. The first-order chi connectivity index (χ1) is 14.1. The van der Waals surface area contributed by atoms with E-state index in [9.17, 15) is 14.4 Å². The number of ether oxygens (including phenoxy) is 1. The topological polar surface area (TPSA) is 88.1 Å². The predicted molar refractivity (Wildman–Crippen MR) is 109 cm³/mol. The molecule has 0 aromatic heterocycles. The molecule has 0 fully saturated rings. The Labute approximate surface area is 169 Å². The first-order valence-corrected chi connectivity index (χ1v) is 9.55. The smallest absolute Gasteiger partial charge is 0.328 e. The number of carbonyl (C=O) groups excluding carboxylic acids is 3. The highest BCUT2D eigenvalue weighted by atomic mass is 16.5. The fourth-order valence-corrected chi connectivity index (χ4v) is 3.02. The van der Waals surface area contributed by atoms with E-state index in [0.717, 1.165) is 5.56 Å². The van der Waals surface area contributed by atoms with Gasteiger partial charge in [-0.25, -0.2) is 9.80 Å². The van der Waals surface area contributed by atoms with Gasteiger partial charge in [0, 0.05) is 19.3 Å². The Bertz CT molecular complexity index is 897. The molecule has 0 saturated heterocycles. The lowest BCUT2D eigenvalue weighted by Gasteiger charge is -2.24. The van der Waals surface area contributed by atoms with Gasteiger partial charge in [-0.1, -0.05) is 48.5 Å². The molecule has 1 atom stereocenters. The van der Waals surface area contributed by atoms with Crippen LogP contribution in [0.2, 0.25) is 0 Å². The first-order valence-electron chi connectivity index (χ1n) is 9.55. The molecule has 1 N–H and O–H groups in total. The predicted octanol–water partition coefficient (Wildman–Crippen LogP) is 2.46. The highest BCUT2D eigenvalue weighted by molar-refractivity contribution is 6.40. The van der Waals surface area contributed by atoms with Gasteiger partial charge in [0.1, 0.15) is 11.8 Å². The Morgan fingerprint density at radius 3 is 2.38 bits per heavy atom. The number of esters is 1. The van der Waals surface area contributed by atoms with Gasteiger partial charge in [0.05, 0.1) is 12.3 Å². The maximum atomic E-state index is 12.8. The molecule has 1 aliphatic heterocycles. The normalized spacial score (nSPS) is 14.7. The maximum absolute atomic E-state index is 12.8. The fourth-order valence-electron chi connectivity index (χ4n) is 3.02. The molecule has 0 spiro atoms. The number of amides is 2. The quantitative estimate of drug-likeness (QED) is 0.732. The minimum Gasteiger partial charge on any atom is -0.464 e. The number of nitrogens with zero attached hydrogens (tertiary/aromatic N) is 2. The second-order valence-electron chi connectivity index (χ2n) is 6.56. The van der Waals surface area contributed by atoms with Crippen molar-refractivity contribution < 1.29 is 19.1 Å². The third-order valence-electron chi connectivity index (χ3n) is 4.45. The molecular formula is C22H23N3O4. The Morgan fingerprint density at radius 1 is 1.07 bits per heavy atom. The SMILES string of the molecule is CCOC(=O)[C@@H](Cc1ccccc1)NC(=O)C1=NN(c2ccccc2)C(=O)CC1. The van der Waals surface area contributed by atoms with Crippen molar-refractivity contribution in [2.45, 2.75) is 32.2 Å². The molecule has 7 nitrogen and oxygen atoms in total. The van der Waals surface area contributed by atoms with Gasteiger partial charge in [-0.2, -0.15) is 5.10 Å². The van der Waals surface area contributed by atoms with E-state index in [-0.39, 0.29) is 31.1 Å². The third-order valence-corrected chi connectivity index (χ3v) is 4.45. The average molecular weight is 393 g/mol. The Hall–Kier alpha value is -3.48. The number of rotatable bonds is 7. The van der Waals surface area contributed by atoms with Gasteiger partial charge >= 0.3 is 5.97 Å². The zero-order valence-corrected chi connectivity index (χ0v) is 16.2. The van der Waals surface area contributed by atoms with Crippen LogP contribution >= 0.6 is 0 Å². The molecule has 2 aromatic carbocycles. The van der Waals surface area contributed by atoms with Crippen molar-refractivity contribution in [2.24, 2.45) is 5.10 Å². The minimum absolute atomic E-state index is 0.171. The van der Waals surface area contributed by atoms with Crippen molar-refractivity contribution in [3.05, 3.63) is 66.2 Å². The van der Waals surface area contributed by atoms with Crippen LogP contribution in [0.3, 0.4) is 0 Å². The second kappa shape index (κ2) is 9.64. The van der Waals surface area contributed by atoms with E-state index in [0.29, 0.717) is 12.1 Å². The van der Waals surface area contributed by atoms with Crippen LogP contribution in [0.4, 0.5) is 5.69 Å². The summed E-state index contributed by atoms with van der Waals surface area (Å²) in [6.45, 7) is 1.94. The molecule has 0 radical (unpaired) electrons. The summed E-state index contributed by atoms with van der Waals surface area (Å²) in [7, 11) is 0. The third kappa shape index (κ3) is 5.28. The molecule has 0 unspecified atom stereocenters. The lowest BCUT2D eigenvalue weighted by Crippen LogP contribution is -2.47. The summed E-state index contributed by atoms with van der Waals surface area (Å²) in [5.41, 5.74) is 1.70. The van der Waals surface area contributed by atoms with Crippen LogP contribution in [0.15, 0.2) is 65.8 Å². The summed E-state index contributed by atoms with van der Waals surface area (Å²) in [6.07, 6.45) is 0.693. The van der Waals surface area contributed by atoms with Crippen molar-refractivity contribution >= 4 is 29.2 Å². The average Bonchev–Trinajstić information content (AvgIpc) is 2.75. The van der Waals surface area contributed by atoms with Crippen molar-refractivity contribution in [2.75, 3.05) is 11.6 Å². The number of benzene rings is 2. The maximum Gasteiger partial charge on any atom is 0.328 e. The van der Waals surface area contributed by atoms with Crippen LogP contribution in [0.5, 0.6) is 0 Å². The number of carbonyl (C=O) groups is 3.